The SMILES string of the molecule is CC=O.COc1ccc2nn(-c3c(F)cc(O)cc3F)cc2c1. The number of hydrogen-bond donors (Lipinski definition) is 1. The van der Waals surface area contributed by atoms with Gasteiger partial charge in [-0.25, -0.2) is 13.5 Å². The number of benzene rings is 2. The number of aromatic hydroxyl groups is 1. The molecule has 5 nitrogen and oxygen atoms in total. The highest BCUT2D eigenvalue weighted by Gasteiger charge is 2.15. The first-order chi connectivity index (χ1) is 11.0. The van der Waals surface area contributed by atoms with Crippen molar-refractivity contribution in [2.24, 2.45) is 0 Å². The highest BCUT2D eigenvalue weighted by molar-refractivity contribution is 5.80. The fourth-order valence-electron chi connectivity index (χ4n) is 2.02. The number of ether oxygens (including phenoxy) is 1. The molecule has 0 spiro atoms. The summed E-state index contributed by atoms with van der Waals surface area (Å²) >= 11 is 0. The van der Waals surface area contributed by atoms with Crippen molar-refractivity contribution in [3.05, 3.63) is 48.2 Å². The lowest BCUT2D eigenvalue weighted by Gasteiger charge is -2.04. The number of rotatable bonds is 2. The Labute approximate surface area is 130 Å². The van der Waals surface area contributed by atoms with Crippen molar-refractivity contribution in [1.29, 1.82) is 0 Å². The number of halogens is 2. The molecule has 7 heteroatoms. The predicted octanol–water partition coefficient (Wildman–Crippen LogP) is 3.22. The lowest BCUT2D eigenvalue weighted by molar-refractivity contribution is -0.106. The number of phenols is 1. The summed E-state index contributed by atoms with van der Waals surface area (Å²) in [6.45, 7) is 1.44. The molecule has 0 amide bonds. The molecule has 0 fully saturated rings. The summed E-state index contributed by atoms with van der Waals surface area (Å²) in [5, 5.41) is 13.9. The van der Waals surface area contributed by atoms with Gasteiger partial charge in [0, 0.05) is 23.7 Å². The topological polar surface area (TPSA) is 64.3 Å². The third-order valence-corrected chi connectivity index (χ3v) is 2.94. The average molecular weight is 320 g/mol. The van der Waals surface area contributed by atoms with Crippen LogP contribution in [0.3, 0.4) is 0 Å². The van der Waals surface area contributed by atoms with Crippen molar-refractivity contribution in [1.82, 2.24) is 9.78 Å². The Morgan fingerprint density at radius 1 is 1.22 bits per heavy atom. The number of hydrogen-bond acceptors (Lipinski definition) is 4. The second kappa shape index (κ2) is 6.87. The van der Waals surface area contributed by atoms with E-state index in [1.807, 2.05) is 0 Å². The fraction of sp³-hybridized carbons (Fsp3) is 0.125. The molecule has 3 rings (SSSR count). The van der Waals surface area contributed by atoms with Gasteiger partial charge in [-0.3, -0.25) is 0 Å². The van der Waals surface area contributed by atoms with Crippen LogP contribution in [0, 0.1) is 11.6 Å². The molecule has 0 aliphatic heterocycles. The van der Waals surface area contributed by atoms with Crippen LogP contribution in [0.15, 0.2) is 36.5 Å². The van der Waals surface area contributed by atoms with E-state index in [1.54, 1.807) is 18.2 Å². The third-order valence-electron chi connectivity index (χ3n) is 2.94. The van der Waals surface area contributed by atoms with Gasteiger partial charge >= 0.3 is 0 Å². The maximum atomic E-state index is 13.8. The second-order valence-corrected chi connectivity index (χ2v) is 4.49. The van der Waals surface area contributed by atoms with E-state index >= 15 is 0 Å². The van der Waals surface area contributed by atoms with Crippen LogP contribution < -0.4 is 4.74 Å². The summed E-state index contributed by atoms with van der Waals surface area (Å²) in [7, 11) is 1.53. The van der Waals surface area contributed by atoms with Gasteiger partial charge in [0.25, 0.3) is 0 Å². The molecular formula is C16H14F2N2O3. The van der Waals surface area contributed by atoms with E-state index in [4.69, 9.17) is 14.6 Å². The van der Waals surface area contributed by atoms with Gasteiger partial charge in [-0.15, -0.1) is 0 Å². The summed E-state index contributed by atoms with van der Waals surface area (Å²) in [5.41, 5.74) is 0.246. The van der Waals surface area contributed by atoms with Crippen molar-refractivity contribution < 1.29 is 23.4 Å². The normalized spacial score (nSPS) is 10.1. The van der Waals surface area contributed by atoms with Crippen molar-refractivity contribution in [2.45, 2.75) is 6.92 Å². The zero-order valence-corrected chi connectivity index (χ0v) is 12.5. The first-order valence-electron chi connectivity index (χ1n) is 6.61. The fourth-order valence-corrected chi connectivity index (χ4v) is 2.02. The van der Waals surface area contributed by atoms with E-state index in [0.29, 0.717) is 16.7 Å². The highest BCUT2D eigenvalue weighted by atomic mass is 19.1. The minimum absolute atomic E-state index is 0.335. The minimum Gasteiger partial charge on any atom is -0.508 e. The zero-order valence-electron chi connectivity index (χ0n) is 12.5. The van der Waals surface area contributed by atoms with E-state index in [0.717, 1.165) is 23.1 Å². The molecule has 120 valence electrons. The lowest BCUT2D eigenvalue weighted by atomic mass is 10.2. The standard InChI is InChI=1S/C14H10F2N2O2.C2H4O/c1-20-10-2-3-13-8(4-10)7-18(17-13)14-11(15)5-9(19)6-12(14)16;1-2-3/h2-7,19H,1H3;2H,1H3. The Morgan fingerprint density at radius 3 is 2.39 bits per heavy atom. The van der Waals surface area contributed by atoms with Crippen LogP contribution in [-0.2, 0) is 4.79 Å². The summed E-state index contributed by atoms with van der Waals surface area (Å²) in [5.74, 6) is -1.62. The number of fused-ring (bicyclic) bond motifs is 1. The van der Waals surface area contributed by atoms with E-state index in [-0.39, 0.29) is 5.69 Å². The van der Waals surface area contributed by atoms with Gasteiger partial charge in [-0.05, 0) is 25.1 Å². The number of nitrogens with zero attached hydrogens (tertiary/aromatic N) is 2. The summed E-state index contributed by atoms with van der Waals surface area (Å²) in [6.07, 6.45) is 2.25. The molecular weight excluding hydrogens is 306 g/mol. The van der Waals surface area contributed by atoms with Crippen LogP contribution in [0.5, 0.6) is 11.5 Å². The largest absolute Gasteiger partial charge is 0.508 e. The summed E-state index contributed by atoms with van der Waals surface area (Å²) in [6, 6.07) is 6.80. The monoisotopic (exact) mass is 320 g/mol. The molecule has 0 atom stereocenters. The van der Waals surface area contributed by atoms with Gasteiger partial charge in [-0.2, -0.15) is 5.10 Å². The third kappa shape index (κ3) is 3.45. The van der Waals surface area contributed by atoms with E-state index in [2.05, 4.69) is 5.10 Å². The first-order valence-corrected chi connectivity index (χ1v) is 6.61. The van der Waals surface area contributed by atoms with Crippen molar-refractivity contribution in [3.63, 3.8) is 0 Å². The number of methoxy groups -OCH3 is 1. The van der Waals surface area contributed by atoms with Crippen molar-refractivity contribution >= 4 is 17.2 Å². The smallest absolute Gasteiger partial charge is 0.155 e. The average Bonchev–Trinajstić information content (AvgIpc) is 2.89. The molecule has 0 radical (unpaired) electrons. The minimum atomic E-state index is -0.887. The van der Waals surface area contributed by atoms with E-state index < -0.39 is 17.4 Å². The van der Waals surface area contributed by atoms with Crippen LogP contribution in [-0.4, -0.2) is 28.3 Å². The number of carbonyl (C=O) groups excluding carboxylic acids is 1. The van der Waals surface area contributed by atoms with Gasteiger partial charge in [0.05, 0.1) is 12.6 Å². The predicted molar refractivity (Wildman–Crippen MR) is 80.9 cm³/mol. The Balaban J connectivity index is 0.000000595. The van der Waals surface area contributed by atoms with Crippen LogP contribution >= 0.6 is 0 Å². The number of carbonyl (C=O) groups is 1. The van der Waals surface area contributed by atoms with E-state index in [9.17, 15) is 8.78 Å². The zero-order chi connectivity index (χ0) is 17.0. The molecule has 0 aliphatic carbocycles. The number of aromatic nitrogens is 2. The Hall–Kier alpha value is -2.96. The van der Waals surface area contributed by atoms with Gasteiger partial charge < -0.3 is 14.6 Å². The summed E-state index contributed by atoms with van der Waals surface area (Å²) < 4.78 is 33.8. The maximum absolute atomic E-state index is 13.8. The molecule has 0 aliphatic rings. The molecule has 23 heavy (non-hydrogen) atoms. The lowest BCUT2D eigenvalue weighted by Crippen LogP contribution is -2.01. The second-order valence-electron chi connectivity index (χ2n) is 4.49. The highest BCUT2D eigenvalue weighted by Crippen LogP contribution is 2.26. The summed E-state index contributed by atoms with van der Waals surface area (Å²) in [4.78, 5) is 8.81. The molecule has 1 heterocycles. The molecule has 0 saturated heterocycles. The Bertz CT molecular complexity index is 823. The molecule has 0 bridgehead atoms. The van der Waals surface area contributed by atoms with Crippen LogP contribution in [0.1, 0.15) is 6.92 Å². The van der Waals surface area contributed by atoms with Gasteiger partial charge in [0.2, 0.25) is 0 Å². The Kier molecular flexibility index (Phi) is 4.90. The number of aldehydes is 1. The van der Waals surface area contributed by atoms with Gasteiger partial charge in [0.1, 0.15) is 23.5 Å². The van der Waals surface area contributed by atoms with Crippen LogP contribution in [0.2, 0.25) is 0 Å². The molecule has 2 aromatic carbocycles. The van der Waals surface area contributed by atoms with Gasteiger partial charge in [-0.1, -0.05) is 0 Å². The Morgan fingerprint density at radius 2 is 1.83 bits per heavy atom. The first kappa shape index (κ1) is 16.4. The quantitative estimate of drug-likeness (QED) is 0.736. The molecule has 1 aromatic heterocycles. The van der Waals surface area contributed by atoms with E-state index in [1.165, 1.54) is 20.2 Å². The molecule has 1 N–H and O–H groups in total. The molecule has 0 unspecified atom stereocenters. The number of phenolic OH excluding ortho intramolecular Hbond substituents is 1. The maximum Gasteiger partial charge on any atom is 0.155 e. The van der Waals surface area contributed by atoms with Crippen molar-refractivity contribution in [2.75, 3.05) is 7.11 Å². The molecule has 3 aromatic rings. The van der Waals surface area contributed by atoms with Crippen LogP contribution in [0.4, 0.5) is 8.78 Å². The van der Waals surface area contributed by atoms with Gasteiger partial charge in [0.15, 0.2) is 11.6 Å². The molecule has 0 saturated carbocycles. The van der Waals surface area contributed by atoms with Crippen LogP contribution in [0.25, 0.3) is 16.6 Å². The van der Waals surface area contributed by atoms with Crippen molar-refractivity contribution in [3.8, 4) is 17.2 Å².